The Morgan fingerprint density at radius 1 is 1.00 bits per heavy atom. The van der Waals surface area contributed by atoms with Gasteiger partial charge in [0.25, 0.3) is 0 Å². The van der Waals surface area contributed by atoms with E-state index in [9.17, 15) is 9.59 Å². The number of rotatable bonds is 7. The Morgan fingerprint density at radius 2 is 1.56 bits per heavy atom. The summed E-state index contributed by atoms with van der Waals surface area (Å²) in [7, 11) is 2.77. The zero-order chi connectivity index (χ0) is 12.4. The molecule has 0 atom stereocenters. The molecule has 4 nitrogen and oxygen atoms in total. The molecule has 0 radical (unpaired) electrons. The first-order valence-electron chi connectivity index (χ1n) is 5.39. The van der Waals surface area contributed by atoms with E-state index >= 15 is 0 Å². The maximum Gasteiger partial charge on any atom is 0.305 e. The molecule has 0 rings (SSSR count). The zero-order valence-corrected chi connectivity index (χ0v) is 10.2. The zero-order valence-electron chi connectivity index (χ0n) is 10.2. The van der Waals surface area contributed by atoms with Crippen molar-refractivity contribution in [3.05, 3.63) is 11.6 Å². The highest BCUT2D eigenvalue weighted by atomic mass is 16.5. The third kappa shape index (κ3) is 8.03. The lowest BCUT2D eigenvalue weighted by Gasteiger charge is -2.01. The molecular weight excluding hydrogens is 208 g/mol. The number of esters is 2. The van der Waals surface area contributed by atoms with Gasteiger partial charge in [-0.1, -0.05) is 11.6 Å². The number of hydrogen-bond donors (Lipinski definition) is 0. The molecule has 4 heteroatoms. The Morgan fingerprint density at radius 3 is 2.12 bits per heavy atom. The van der Waals surface area contributed by atoms with Gasteiger partial charge < -0.3 is 9.47 Å². The summed E-state index contributed by atoms with van der Waals surface area (Å²) < 4.78 is 9.07. The first kappa shape index (κ1) is 14.7. The van der Waals surface area contributed by atoms with Crippen molar-refractivity contribution in [2.45, 2.75) is 39.0 Å². The maximum absolute atomic E-state index is 10.8. The van der Waals surface area contributed by atoms with E-state index in [1.807, 2.05) is 13.0 Å². The number of carbonyl (C=O) groups excluding carboxylic acids is 2. The Balaban J connectivity index is 3.63. The first-order valence-corrected chi connectivity index (χ1v) is 5.39. The molecule has 0 saturated heterocycles. The predicted octanol–water partition coefficient (Wildman–Crippen LogP) is 2.23. The molecule has 0 heterocycles. The minimum absolute atomic E-state index is 0.178. The van der Waals surface area contributed by atoms with Crippen molar-refractivity contribution in [1.82, 2.24) is 0 Å². The number of allylic oxidation sites excluding steroid dienone is 2. The molecule has 0 aromatic carbocycles. The summed E-state index contributed by atoms with van der Waals surface area (Å²) in [5, 5.41) is 0. The number of carbonyl (C=O) groups is 2. The molecule has 0 aliphatic heterocycles. The second-order valence-electron chi connectivity index (χ2n) is 3.59. The summed E-state index contributed by atoms with van der Waals surface area (Å²) in [4.78, 5) is 21.7. The van der Waals surface area contributed by atoms with Crippen molar-refractivity contribution < 1.29 is 19.1 Å². The van der Waals surface area contributed by atoms with Crippen LogP contribution >= 0.6 is 0 Å². The summed E-state index contributed by atoms with van der Waals surface area (Å²) in [6, 6.07) is 0. The van der Waals surface area contributed by atoms with Crippen LogP contribution < -0.4 is 0 Å². The van der Waals surface area contributed by atoms with Crippen LogP contribution in [0.5, 0.6) is 0 Å². The van der Waals surface area contributed by atoms with E-state index in [4.69, 9.17) is 0 Å². The minimum Gasteiger partial charge on any atom is -0.469 e. The predicted molar refractivity (Wildman–Crippen MR) is 60.9 cm³/mol. The van der Waals surface area contributed by atoms with Crippen LogP contribution in [0.4, 0.5) is 0 Å². The van der Waals surface area contributed by atoms with Gasteiger partial charge in [0, 0.05) is 12.8 Å². The first-order chi connectivity index (χ1) is 7.60. The van der Waals surface area contributed by atoms with E-state index in [0.717, 1.165) is 12.8 Å². The van der Waals surface area contributed by atoms with E-state index in [-0.39, 0.29) is 11.9 Å². The highest BCUT2D eigenvalue weighted by Crippen LogP contribution is 2.09. The minimum atomic E-state index is -0.196. The fourth-order valence-electron chi connectivity index (χ4n) is 1.25. The molecule has 0 spiro atoms. The van der Waals surface area contributed by atoms with Gasteiger partial charge in [-0.05, 0) is 26.2 Å². The van der Waals surface area contributed by atoms with Gasteiger partial charge in [0.1, 0.15) is 0 Å². The SMILES string of the molecule is COC(=O)CC/C=C(\C)CCCC(=O)OC. The van der Waals surface area contributed by atoms with Crippen LogP contribution in [0.2, 0.25) is 0 Å². The van der Waals surface area contributed by atoms with Crippen LogP contribution in [0.3, 0.4) is 0 Å². The van der Waals surface area contributed by atoms with E-state index in [2.05, 4.69) is 9.47 Å². The monoisotopic (exact) mass is 228 g/mol. The molecule has 0 fully saturated rings. The van der Waals surface area contributed by atoms with Crippen LogP contribution in [-0.4, -0.2) is 26.2 Å². The largest absolute Gasteiger partial charge is 0.469 e. The molecule has 0 aliphatic rings. The average Bonchev–Trinajstić information content (AvgIpc) is 2.28. The third-order valence-electron chi connectivity index (χ3n) is 2.25. The van der Waals surface area contributed by atoms with Crippen LogP contribution in [0.15, 0.2) is 11.6 Å². The molecule has 0 aromatic heterocycles. The lowest BCUT2D eigenvalue weighted by atomic mass is 10.1. The van der Waals surface area contributed by atoms with Crippen molar-refractivity contribution in [1.29, 1.82) is 0 Å². The topological polar surface area (TPSA) is 52.6 Å². The van der Waals surface area contributed by atoms with Gasteiger partial charge >= 0.3 is 11.9 Å². The fourth-order valence-corrected chi connectivity index (χ4v) is 1.25. The Labute approximate surface area is 96.6 Å². The Hall–Kier alpha value is -1.32. The van der Waals surface area contributed by atoms with Crippen LogP contribution in [0.25, 0.3) is 0 Å². The van der Waals surface area contributed by atoms with Crippen molar-refractivity contribution in [3.8, 4) is 0 Å². The van der Waals surface area contributed by atoms with Crippen molar-refractivity contribution >= 4 is 11.9 Å². The number of ether oxygens (including phenoxy) is 2. The maximum atomic E-state index is 10.8. The summed E-state index contributed by atoms with van der Waals surface area (Å²) in [5.74, 6) is -0.374. The van der Waals surface area contributed by atoms with E-state index < -0.39 is 0 Å². The number of methoxy groups -OCH3 is 2. The van der Waals surface area contributed by atoms with Gasteiger partial charge in [0.15, 0.2) is 0 Å². The number of hydrogen-bond acceptors (Lipinski definition) is 4. The highest BCUT2D eigenvalue weighted by Gasteiger charge is 2.00. The molecule has 0 aliphatic carbocycles. The van der Waals surface area contributed by atoms with Gasteiger partial charge in [-0.25, -0.2) is 0 Å². The summed E-state index contributed by atoms with van der Waals surface area (Å²) in [6.07, 6.45) is 5.19. The lowest BCUT2D eigenvalue weighted by Crippen LogP contribution is -2.00. The molecule has 0 saturated carbocycles. The van der Waals surface area contributed by atoms with E-state index in [1.54, 1.807) is 0 Å². The second-order valence-corrected chi connectivity index (χ2v) is 3.59. The highest BCUT2D eigenvalue weighted by molar-refractivity contribution is 5.69. The van der Waals surface area contributed by atoms with Crippen LogP contribution in [-0.2, 0) is 19.1 Å². The van der Waals surface area contributed by atoms with Gasteiger partial charge in [-0.15, -0.1) is 0 Å². The van der Waals surface area contributed by atoms with Gasteiger partial charge in [0.05, 0.1) is 14.2 Å². The van der Waals surface area contributed by atoms with Crippen molar-refractivity contribution in [2.24, 2.45) is 0 Å². The van der Waals surface area contributed by atoms with Crippen LogP contribution in [0, 0.1) is 0 Å². The van der Waals surface area contributed by atoms with Crippen molar-refractivity contribution in [2.75, 3.05) is 14.2 Å². The molecule has 0 unspecified atom stereocenters. The molecule has 0 bridgehead atoms. The van der Waals surface area contributed by atoms with Gasteiger partial charge in [-0.3, -0.25) is 9.59 Å². The lowest BCUT2D eigenvalue weighted by molar-refractivity contribution is -0.141. The molecule has 0 aromatic rings. The quantitative estimate of drug-likeness (QED) is 0.495. The Kier molecular flexibility index (Phi) is 8.21. The van der Waals surface area contributed by atoms with Crippen LogP contribution in [0.1, 0.15) is 39.0 Å². The summed E-state index contributed by atoms with van der Waals surface area (Å²) in [6.45, 7) is 1.99. The second kappa shape index (κ2) is 8.95. The molecule has 92 valence electrons. The average molecular weight is 228 g/mol. The molecule has 0 N–H and O–H groups in total. The normalized spacial score (nSPS) is 11.1. The fraction of sp³-hybridized carbons (Fsp3) is 0.667. The smallest absolute Gasteiger partial charge is 0.305 e. The standard InChI is InChI=1S/C12H20O4/c1-10(6-4-8-11(13)15-2)7-5-9-12(14)16-3/h6H,4-5,7-9H2,1-3H3/b10-6+. The summed E-state index contributed by atoms with van der Waals surface area (Å²) in [5.41, 5.74) is 1.19. The van der Waals surface area contributed by atoms with E-state index in [0.29, 0.717) is 19.3 Å². The van der Waals surface area contributed by atoms with Gasteiger partial charge in [-0.2, -0.15) is 0 Å². The Bertz CT molecular complexity index is 256. The molecular formula is C12H20O4. The summed E-state index contributed by atoms with van der Waals surface area (Å²) >= 11 is 0. The van der Waals surface area contributed by atoms with Gasteiger partial charge in [0.2, 0.25) is 0 Å². The van der Waals surface area contributed by atoms with Crippen molar-refractivity contribution in [3.63, 3.8) is 0 Å². The van der Waals surface area contributed by atoms with E-state index in [1.165, 1.54) is 19.8 Å². The molecule has 0 amide bonds. The third-order valence-corrected chi connectivity index (χ3v) is 2.25. The molecule has 16 heavy (non-hydrogen) atoms.